The summed E-state index contributed by atoms with van der Waals surface area (Å²) in [4.78, 5) is 12.8. The first-order valence-corrected chi connectivity index (χ1v) is 10.1. The van der Waals surface area contributed by atoms with E-state index in [1.165, 1.54) is 0 Å². The number of aryl methyl sites for hydroxylation is 1. The minimum absolute atomic E-state index is 0.0738. The second kappa shape index (κ2) is 9.10. The molecule has 0 aliphatic carbocycles. The molecule has 0 heterocycles. The Hall–Kier alpha value is -1.74. The lowest BCUT2D eigenvalue weighted by atomic mass is 10.0. The number of carbonyl (C=O) groups is 1. The third-order valence-corrected chi connectivity index (χ3v) is 6.42. The molecule has 0 aliphatic heterocycles. The topological polar surface area (TPSA) is 52.6 Å². The summed E-state index contributed by atoms with van der Waals surface area (Å²) in [5.74, 6) is -0.0755. The molecule has 2 rings (SSSR count). The molecular weight excluding hydrogens is 335 g/mol. The maximum absolute atomic E-state index is 13.3. The maximum Gasteiger partial charge on any atom is 0.338 e. The minimum Gasteiger partial charge on any atom is -0.308 e. The molecule has 5 heteroatoms. The molecule has 0 saturated heterocycles. The molecule has 0 N–H and O–H groups in total. The Morgan fingerprint density at radius 3 is 2.04 bits per heavy atom. The van der Waals surface area contributed by atoms with Crippen molar-refractivity contribution in [3.05, 3.63) is 71.3 Å². The van der Waals surface area contributed by atoms with Gasteiger partial charge >= 0.3 is 7.60 Å². The number of carbonyl (C=O) groups excluding carboxylic acids is 1. The average molecular weight is 360 g/mol. The fraction of sp³-hybridized carbons (Fsp3) is 0.350. The molecule has 0 aromatic heterocycles. The average Bonchev–Trinajstić information content (AvgIpc) is 2.61. The Kier molecular flexibility index (Phi) is 7.12. The van der Waals surface area contributed by atoms with Gasteiger partial charge in [0.25, 0.3) is 0 Å². The Balaban J connectivity index is 2.36. The zero-order valence-electron chi connectivity index (χ0n) is 15.0. The molecule has 0 amide bonds. The number of rotatable bonds is 9. The van der Waals surface area contributed by atoms with Crippen LogP contribution in [-0.4, -0.2) is 19.0 Å². The second-order valence-electron chi connectivity index (χ2n) is 5.80. The lowest BCUT2D eigenvalue weighted by Gasteiger charge is -2.26. The Morgan fingerprint density at radius 2 is 1.52 bits per heavy atom. The molecule has 0 spiro atoms. The molecule has 1 unspecified atom stereocenters. The highest BCUT2D eigenvalue weighted by molar-refractivity contribution is 7.54. The van der Waals surface area contributed by atoms with Crippen LogP contribution in [-0.2, 0) is 13.6 Å². The van der Waals surface area contributed by atoms with Crippen LogP contribution < -0.4 is 0 Å². The fourth-order valence-electron chi connectivity index (χ4n) is 2.70. The van der Waals surface area contributed by atoms with Crippen molar-refractivity contribution in [3.63, 3.8) is 0 Å². The van der Waals surface area contributed by atoms with Gasteiger partial charge in [-0.05, 0) is 26.3 Å². The molecule has 134 valence electrons. The van der Waals surface area contributed by atoms with Crippen LogP contribution in [0.1, 0.15) is 47.4 Å². The van der Waals surface area contributed by atoms with Crippen molar-refractivity contribution in [3.8, 4) is 0 Å². The van der Waals surface area contributed by atoms with Crippen LogP contribution in [0.15, 0.2) is 54.6 Å². The number of Topliss-reactive ketones (excluding diaryl/α,β-unsaturated/α-hetero) is 1. The minimum atomic E-state index is -3.46. The summed E-state index contributed by atoms with van der Waals surface area (Å²) in [5, 5.41) is 0. The van der Waals surface area contributed by atoms with E-state index in [-0.39, 0.29) is 25.4 Å². The maximum atomic E-state index is 13.3. The van der Waals surface area contributed by atoms with Gasteiger partial charge in [-0.1, -0.05) is 60.2 Å². The number of benzene rings is 2. The molecule has 1 atom stereocenters. The first kappa shape index (κ1) is 19.6. The van der Waals surface area contributed by atoms with Crippen LogP contribution in [0, 0.1) is 6.92 Å². The van der Waals surface area contributed by atoms with Crippen LogP contribution in [0.2, 0.25) is 0 Å². The van der Waals surface area contributed by atoms with Crippen LogP contribution in [0.3, 0.4) is 0 Å². The number of hydrogen-bond donors (Lipinski definition) is 0. The monoisotopic (exact) mass is 360 g/mol. The van der Waals surface area contributed by atoms with Gasteiger partial charge < -0.3 is 9.05 Å². The first-order valence-electron chi connectivity index (χ1n) is 8.53. The predicted molar refractivity (Wildman–Crippen MR) is 100 cm³/mol. The van der Waals surface area contributed by atoms with Gasteiger partial charge in [-0.3, -0.25) is 9.36 Å². The number of hydrogen-bond acceptors (Lipinski definition) is 4. The number of ketones is 1. The fourth-order valence-corrected chi connectivity index (χ4v) is 4.78. The zero-order chi connectivity index (χ0) is 18.3. The van der Waals surface area contributed by atoms with Crippen LogP contribution in [0.25, 0.3) is 0 Å². The third-order valence-electron chi connectivity index (χ3n) is 3.94. The largest absolute Gasteiger partial charge is 0.338 e. The third kappa shape index (κ3) is 5.12. The van der Waals surface area contributed by atoms with Crippen molar-refractivity contribution in [1.29, 1.82) is 0 Å². The van der Waals surface area contributed by atoms with Crippen molar-refractivity contribution in [2.45, 2.75) is 32.9 Å². The Morgan fingerprint density at radius 1 is 0.960 bits per heavy atom. The highest BCUT2D eigenvalue weighted by Gasteiger charge is 2.38. The van der Waals surface area contributed by atoms with Gasteiger partial charge in [-0.2, -0.15) is 0 Å². The van der Waals surface area contributed by atoms with E-state index in [9.17, 15) is 9.36 Å². The molecule has 4 nitrogen and oxygen atoms in total. The van der Waals surface area contributed by atoms with E-state index >= 15 is 0 Å². The summed E-state index contributed by atoms with van der Waals surface area (Å²) in [7, 11) is -3.46. The molecular formula is C20H25O4P. The summed E-state index contributed by atoms with van der Waals surface area (Å²) in [6.07, 6.45) is 0.0738. The molecule has 0 saturated carbocycles. The van der Waals surface area contributed by atoms with Crippen molar-refractivity contribution in [2.75, 3.05) is 13.2 Å². The molecule has 2 aromatic rings. The molecule has 25 heavy (non-hydrogen) atoms. The van der Waals surface area contributed by atoms with E-state index in [1.54, 1.807) is 26.0 Å². The van der Waals surface area contributed by atoms with Crippen LogP contribution in [0.5, 0.6) is 0 Å². The van der Waals surface area contributed by atoms with Gasteiger partial charge in [0, 0.05) is 12.0 Å². The van der Waals surface area contributed by atoms with Gasteiger partial charge in [0.2, 0.25) is 0 Å². The Bertz CT molecular complexity index is 715. The quantitative estimate of drug-likeness (QED) is 0.433. The van der Waals surface area contributed by atoms with Gasteiger partial charge in [-0.15, -0.1) is 0 Å². The molecule has 2 aromatic carbocycles. The van der Waals surface area contributed by atoms with E-state index in [0.29, 0.717) is 5.56 Å². The van der Waals surface area contributed by atoms with E-state index in [4.69, 9.17) is 9.05 Å². The van der Waals surface area contributed by atoms with Crippen molar-refractivity contribution in [1.82, 2.24) is 0 Å². The van der Waals surface area contributed by atoms with Crippen LogP contribution in [0.4, 0.5) is 0 Å². The molecule has 0 aliphatic rings. The van der Waals surface area contributed by atoms with Gasteiger partial charge in [0.1, 0.15) is 0 Å². The van der Waals surface area contributed by atoms with E-state index in [0.717, 1.165) is 11.1 Å². The van der Waals surface area contributed by atoms with Gasteiger partial charge in [-0.25, -0.2) is 0 Å². The van der Waals surface area contributed by atoms with E-state index < -0.39 is 13.3 Å². The van der Waals surface area contributed by atoms with Gasteiger partial charge in [0.15, 0.2) is 5.78 Å². The highest BCUT2D eigenvalue weighted by Crippen LogP contribution is 2.62. The van der Waals surface area contributed by atoms with E-state index in [2.05, 4.69) is 0 Å². The summed E-state index contributed by atoms with van der Waals surface area (Å²) in [5.41, 5.74) is 1.85. The highest BCUT2D eigenvalue weighted by atomic mass is 31.2. The Labute approximate surface area is 149 Å². The molecule has 0 bridgehead atoms. The normalized spacial score (nSPS) is 12.8. The lowest BCUT2D eigenvalue weighted by molar-refractivity contribution is 0.0973. The second-order valence-corrected chi connectivity index (χ2v) is 8.01. The van der Waals surface area contributed by atoms with E-state index in [1.807, 2.05) is 49.4 Å². The molecule has 0 fully saturated rings. The van der Waals surface area contributed by atoms with Gasteiger partial charge in [0.05, 0.1) is 18.9 Å². The summed E-state index contributed by atoms with van der Waals surface area (Å²) in [6.45, 7) is 6.04. The molecule has 0 radical (unpaired) electrons. The summed E-state index contributed by atoms with van der Waals surface area (Å²) >= 11 is 0. The van der Waals surface area contributed by atoms with Crippen LogP contribution >= 0.6 is 7.60 Å². The van der Waals surface area contributed by atoms with Crippen molar-refractivity contribution in [2.24, 2.45) is 0 Å². The summed E-state index contributed by atoms with van der Waals surface area (Å²) < 4.78 is 24.4. The lowest BCUT2D eigenvalue weighted by Crippen LogP contribution is -2.12. The van der Waals surface area contributed by atoms with Crippen molar-refractivity contribution >= 4 is 13.4 Å². The first-order chi connectivity index (χ1) is 12.0. The predicted octanol–water partition coefficient (Wildman–Crippen LogP) is 5.58. The SMILES string of the molecule is CCOP(=O)(OCC)C(CC(=O)c1ccc(C)cc1)c1ccccc1. The van der Waals surface area contributed by atoms with Crippen molar-refractivity contribution < 1.29 is 18.4 Å². The summed E-state index contributed by atoms with van der Waals surface area (Å²) in [6, 6.07) is 16.7. The standard InChI is InChI=1S/C20H25O4P/c1-4-23-25(22,24-5-2)20(18-9-7-6-8-10-18)15-19(21)17-13-11-16(3)12-14-17/h6-14,20H,4-5,15H2,1-3H3. The zero-order valence-corrected chi connectivity index (χ0v) is 15.9. The smallest absolute Gasteiger partial charge is 0.308 e.